The van der Waals surface area contributed by atoms with Crippen molar-refractivity contribution in [2.75, 3.05) is 13.1 Å². The summed E-state index contributed by atoms with van der Waals surface area (Å²) in [6.07, 6.45) is 11.7. The van der Waals surface area contributed by atoms with Gasteiger partial charge in [-0.05, 0) is 31.4 Å². The molecule has 4 rings (SSSR count). The van der Waals surface area contributed by atoms with Crippen LogP contribution in [0.4, 0.5) is 0 Å². The third-order valence-electron chi connectivity index (χ3n) is 6.06. The first kappa shape index (κ1) is 19.1. The molecule has 1 saturated carbocycles. The number of rotatable bonds is 5. The number of hydrogen-bond donors (Lipinski definition) is 3. The number of carbonyl (C=O) groups is 1. The Bertz CT molecular complexity index is 772. The molecule has 2 aromatic rings. The van der Waals surface area contributed by atoms with Gasteiger partial charge in [0.2, 0.25) is 0 Å². The Balaban J connectivity index is 1.32. The van der Waals surface area contributed by atoms with Crippen LogP contribution in [-0.4, -0.2) is 56.3 Å². The monoisotopic (exact) mass is 383 g/mol. The van der Waals surface area contributed by atoms with Gasteiger partial charge in [-0.25, -0.2) is 0 Å². The van der Waals surface area contributed by atoms with Crippen LogP contribution in [0.25, 0.3) is 0 Å². The predicted octanol–water partition coefficient (Wildman–Crippen LogP) is 2.22. The van der Waals surface area contributed by atoms with Crippen molar-refractivity contribution in [1.29, 1.82) is 0 Å². The number of H-pyrrole nitrogens is 1. The van der Waals surface area contributed by atoms with Crippen molar-refractivity contribution in [3.63, 3.8) is 0 Å². The molecule has 1 amide bonds. The number of aromatic amines is 1. The minimum atomic E-state index is -0.584. The summed E-state index contributed by atoms with van der Waals surface area (Å²) in [5.74, 6) is 0.410. The lowest BCUT2D eigenvalue weighted by Crippen LogP contribution is -2.53. The van der Waals surface area contributed by atoms with Crippen LogP contribution in [0.1, 0.15) is 66.1 Å². The largest absolute Gasteiger partial charge is 0.390 e. The fraction of sp³-hybridized carbons (Fsp3) is 0.571. The van der Waals surface area contributed by atoms with Gasteiger partial charge in [-0.2, -0.15) is 5.10 Å². The van der Waals surface area contributed by atoms with E-state index in [1.807, 2.05) is 6.20 Å². The topological polar surface area (TPSA) is 94.1 Å². The molecule has 2 fully saturated rings. The number of aliphatic hydroxyl groups excluding tert-OH is 1. The van der Waals surface area contributed by atoms with Crippen LogP contribution in [0.3, 0.4) is 0 Å². The third kappa shape index (κ3) is 4.42. The van der Waals surface area contributed by atoms with Gasteiger partial charge in [-0.1, -0.05) is 19.3 Å². The molecular formula is C21H29N5O2. The molecule has 2 aliphatic rings. The summed E-state index contributed by atoms with van der Waals surface area (Å²) >= 11 is 0. The van der Waals surface area contributed by atoms with Gasteiger partial charge in [0, 0.05) is 49.2 Å². The van der Waals surface area contributed by atoms with E-state index in [-0.39, 0.29) is 11.9 Å². The molecule has 0 bridgehead atoms. The SMILES string of the molecule is O=C(N[C@@H]1CCN(Cc2cn[nH]c2C2CCCCC2)C[C@H]1O)c1cccnc1. The number of nitrogens with one attached hydrogen (secondary N) is 2. The van der Waals surface area contributed by atoms with Crippen LogP contribution in [0.5, 0.6) is 0 Å². The summed E-state index contributed by atoms with van der Waals surface area (Å²) < 4.78 is 0. The second-order valence-corrected chi connectivity index (χ2v) is 8.06. The Labute approximate surface area is 165 Å². The van der Waals surface area contributed by atoms with Gasteiger partial charge in [-0.3, -0.25) is 19.8 Å². The number of aromatic nitrogens is 3. The van der Waals surface area contributed by atoms with Crippen LogP contribution >= 0.6 is 0 Å². The zero-order valence-electron chi connectivity index (χ0n) is 16.2. The molecule has 7 heteroatoms. The number of amides is 1. The summed E-state index contributed by atoms with van der Waals surface area (Å²) in [6, 6.07) is 3.24. The number of pyridine rings is 1. The number of aliphatic hydroxyl groups is 1. The molecule has 0 radical (unpaired) electrons. The van der Waals surface area contributed by atoms with E-state index < -0.39 is 6.10 Å². The van der Waals surface area contributed by atoms with E-state index in [4.69, 9.17) is 0 Å². The van der Waals surface area contributed by atoms with Crippen LogP contribution in [0, 0.1) is 0 Å². The summed E-state index contributed by atoms with van der Waals surface area (Å²) in [5.41, 5.74) is 3.05. The number of hydrogen-bond acceptors (Lipinski definition) is 5. The highest BCUT2D eigenvalue weighted by atomic mass is 16.3. The number of likely N-dealkylation sites (tertiary alicyclic amines) is 1. The van der Waals surface area contributed by atoms with Gasteiger partial charge in [0.1, 0.15) is 0 Å². The lowest BCUT2D eigenvalue weighted by Gasteiger charge is -2.36. The maximum atomic E-state index is 12.3. The molecule has 0 aromatic carbocycles. The Kier molecular flexibility index (Phi) is 6.02. The maximum Gasteiger partial charge on any atom is 0.253 e. The Morgan fingerprint density at radius 1 is 1.25 bits per heavy atom. The smallest absolute Gasteiger partial charge is 0.253 e. The minimum Gasteiger partial charge on any atom is -0.390 e. The van der Waals surface area contributed by atoms with E-state index in [0.29, 0.717) is 18.0 Å². The van der Waals surface area contributed by atoms with Gasteiger partial charge in [0.05, 0.1) is 23.9 Å². The Hall–Kier alpha value is -2.25. The van der Waals surface area contributed by atoms with E-state index in [0.717, 1.165) is 19.5 Å². The van der Waals surface area contributed by atoms with Crippen molar-refractivity contribution in [1.82, 2.24) is 25.4 Å². The van der Waals surface area contributed by atoms with Crippen molar-refractivity contribution in [3.8, 4) is 0 Å². The van der Waals surface area contributed by atoms with Crippen molar-refractivity contribution < 1.29 is 9.90 Å². The summed E-state index contributed by atoms with van der Waals surface area (Å²) in [6.45, 7) is 2.18. The number of piperidine rings is 1. The van der Waals surface area contributed by atoms with E-state index in [9.17, 15) is 9.90 Å². The zero-order valence-corrected chi connectivity index (χ0v) is 16.2. The summed E-state index contributed by atoms with van der Waals surface area (Å²) in [7, 11) is 0. The van der Waals surface area contributed by atoms with Crippen molar-refractivity contribution >= 4 is 5.91 Å². The Morgan fingerprint density at radius 3 is 2.86 bits per heavy atom. The lowest BCUT2D eigenvalue weighted by atomic mass is 9.85. The average Bonchev–Trinajstić information content (AvgIpc) is 3.19. The molecule has 3 N–H and O–H groups in total. The molecule has 2 aromatic heterocycles. The number of nitrogens with zero attached hydrogens (tertiary/aromatic N) is 3. The quantitative estimate of drug-likeness (QED) is 0.736. The zero-order chi connectivity index (χ0) is 19.3. The second kappa shape index (κ2) is 8.84. The second-order valence-electron chi connectivity index (χ2n) is 8.06. The number of carbonyl (C=O) groups excluding carboxylic acids is 1. The molecule has 1 aliphatic carbocycles. The highest BCUT2D eigenvalue weighted by Gasteiger charge is 2.30. The van der Waals surface area contributed by atoms with Gasteiger partial charge in [-0.15, -0.1) is 0 Å². The van der Waals surface area contributed by atoms with Gasteiger partial charge in [0.15, 0.2) is 0 Å². The van der Waals surface area contributed by atoms with Crippen LogP contribution in [-0.2, 0) is 6.54 Å². The van der Waals surface area contributed by atoms with E-state index >= 15 is 0 Å². The molecule has 1 aliphatic heterocycles. The molecular weight excluding hydrogens is 354 g/mol. The van der Waals surface area contributed by atoms with Crippen molar-refractivity contribution in [2.24, 2.45) is 0 Å². The van der Waals surface area contributed by atoms with Crippen LogP contribution < -0.4 is 5.32 Å². The first-order chi connectivity index (χ1) is 13.7. The highest BCUT2D eigenvalue weighted by molar-refractivity contribution is 5.94. The lowest BCUT2D eigenvalue weighted by molar-refractivity contribution is 0.0348. The molecule has 0 spiro atoms. The van der Waals surface area contributed by atoms with Crippen molar-refractivity contribution in [3.05, 3.63) is 47.5 Å². The highest BCUT2D eigenvalue weighted by Crippen LogP contribution is 2.33. The van der Waals surface area contributed by atoms with E-state index in [1.54, 1.807) is 24.5 Å². The summed E-state index contributed by atoms with van der Waals surface area (Å²) in [4.78, 5) is 18.6. The maximum absolute atomic E-state index is 12.3. The first-order valence-electron chi connectivity index (χ1n) is 10.3. The van der Waals surface area contributed by atoms with Gasteiger partial charge < -0.3 is 10.4 Å². The fourth-order valence-electron chi connectivity index (χ4n) is 4.49. The van der Waals surface area contributed by atoms with Gasteiger partial charge in [0.25, 0.3) is 5.91 Å². The van der Waals surface area contributed by atoms with E-state index in [2.05, 4.69) is 25.4 Å². The van der Waals surface area contributed by atoms with Crippen molar-refractivity contribution in [2.45, 2.75) is 63.1 Å². The average molecular weight is 383 g/mol. The molecule has 2 atom stereocenters. The Morgan fingerprint density at radius 2 is 2.11 bits per heavy atom. The summed E-state index contributed by atoms with van der Waals surface area (Å²) in [5, 5.41) is 21.1. The number of β-amino-alcohol motifs (C(OH)–C–C–N with tert-alkyl or cyclic N) is 1. The normalized spacial score (nSPS) is 24.2. The first-order valence-corrected chi connectivity index (χ1v) is 10.3. The van der Waals surface area contributed by atoms with Gasteiger partial charge >= 0.3 is 0 Å². The molecule has 0 unspecified atom stereocenters. The molecule has 28 heavy (non-hydrogen) atoms. The standard InChI is InChI=1S/C21H29N5O2/c27-19-14-26(10-8-18(19)24-21(28)16-7-4-9-22-11-16)13-17-12-23-25-20(17)15-5-2-1-3-6-15/h4,7,9,11-12,15,18-19,27H,1-3,5-6,8,10,13-14H2,(H,23,25)(H,24,28)/t18-,19-/m1/s1. The van der Waals surface area contributed by atoms with Crippen LogP contribution in [0.2, 0.25) is 0 Å². The third-order valence-corrected chi connectivity index (χ3v) is 6.06. The predicted molar refractivity (Wildman–Crippen MR) is 106 cm³/mol. The molecule has 1 saturated heterocycles. The molecule has 7 nitrogen and oxygen atoms in total. The molecule has 3 heterocycles. The molecule has 150 valence electrons. The minimum absolute atomic E-state index is 0.181. The fourth-order valence-corrected chi connectivity index (χ4v) is 4.49. The van der Waals surface area contributed by atoms with Crippen LogP contribution in [0.15, 0.2) is 30.7 Å². The van der Waals surface area contributed by atoms with E-state index in [1.165, 1.54) is 43.4 Å².